The molecule has 0 rings (SSSR count). The van der Waals surface area contributed by atoms with Gasteiger partial charge in [0, 0.05) is 12.2 Å². The van der Waals surface area contributed by atoms with E-state index in [1.807, 2.05) is 6.08 Å². The average Bonchev–Trinajstić information content (AvgIpc) is 2.12. The molecule has 0 aromatic heterocycles. The van der Waals surface area contributed by atoms with E-state index in [0.29, 0.717) is 25.0 Å². The fourth-order valence-corrected chi connectivity index (χ4v) is 0.734. The van der Waals surface area contributed by atoms with Crippen LogP contribution in [0.4, 0.5) is 0 Å². The van der Waals surface area contributed by atoms with Gasteiger partial charge < -0.3 is 9.84 Å². The first-order chi connectivity index (χ1) is 6.22. The second kappa shape index (κ2) is 7.55. The summed E-state index contributed by atoms with van der Waals surface area (Å²) >= 11 is 0. The van der Waals surface area contributed by atoms with Crippen LogP contribution in [0.5, 0.6) is 0 Å². The molecule has 0 unspecified atom stereocenters. The molecule has 0 aromatic rings. The lowest BCUT2D eigenvalue weighted by molar-refractivity contribution is -0.138. The highest BCUT2D eigenvalue weighted by atomic mass is 16.5. The van der Waals surface area contributed by atoms with Crippen molar-refractivity contribution in [3.8, 4) is 0 Å². The van der Waals surface area contributed by atoms with Crippen LogP contribution in [0.3, 0.4) is 0 Å². The highest BCUT2D eigenvalue weighted by Gasteiger charge is 2.04. The lowest BCUT2D eigenvalue weighted by Crippen LogP contribution is -2.05. The molecule has 0 aliphatic heterocycles. The third kappa shape index (κ3) is 6.11. The second-order valence-corrected chi connectivity index (χ2v) is 2.51. The van der Waals surface area contributed by atoms with Gasteiger partial charge in [-0.3, -0.25) is 0 Å². The molecule has 0 heterocycles. The van der Waals surface area contributed by atoms with Crippen molar-refractivity contribution in [2.75, 3.05) is 13.2 Å². The molecule has 0 aliphatic rings. The Bertz CT molecular complexity index is 194. The van der Waals surface area contributed by atoms with E-state index in [1.165, 1.54) is 0 Å². The summed E-state index contributed by atoms with van der Waals surface area (Å²) < 4.78 is 4.74. The first kappa shape index (κ1) is 11.9. The van der Waals surface area contributed by atoms with Gasteiger partial charge in [-0.2, -0.15) is 0 Å². The van der Waals surface area contributed by atoms with Gasteiger partial charge in [-0.05, 0) is 19.8 Å². The van der Waals surface area contributed by atoms with Gasteiger partial charge in [-0.1, -0.05) is 18.7 Å². The number of carbonyl (C=O) groups is 1. The second-order valence-electron chi connectivity index (χ2n) is 2.51. The number of aliphatic hydroxyl groups excluding tert-OH is 1. The maximum atomic E-state index is 11.0. The maximum Gasteiger partial charge on any atom is 0.333 e. The Kier molecular flexibility index (Phi) is 6.92. The number of aliphatic hydroxyl groups is 1. The van der Waals surface area contributed by atoms with Gasteiger partial charge in [0.25, 0.3) is 0 Å². The van der Waals surface area contributed by atoms with Crippen molar-refractivity contribution in [3.63, 3.8) is 0 Å². The van der Waals surface area contributed by atoms with Crippen molar-refractivity contribution in [1.82, 2.24) is 0 Å². The number of ether oxygens (including phenoxy) is 1. The van der Waals surface area contributed by atoms with E-state index in [4.69, 9.17) is 9.84 Å². The summed E-state index contributed by atoms with van der Waals surface area (Å²) in [6.45, 7) is 5.84. The highest BCUT2D eigenvalue weighted by molar-refractivity contribution is 5.87. The van der Waals surface area contributed by atoms with E-state index in [2.05, 4.69) is 6.58 Å². The number of hydrogen-bond acceptors (Lipinski definition) is 3. The van der Waals surface area contributed by atoms with Crippen LogP contribution in [-0.2, 0) is 9.53 Å². The topological polar surface area (TPSA) is 46.5 Å². The molecule has 0 amide bonds. The minimum Gasteiger partial charge on any atom is -0.463 e. The summed E-state index contributed by atoms with van der Waals surface area (Å²) in [4.78, 5) is 11.0. The summed E-state index contributed by atoms with van der Waals surface area (Å²) in [5, 5.41) is 8.46. The number of carbonyl (C=O) groups excluding carboxylic acids is 1. The van der Waals surface area contributed by atoms with Crippen LogP contribution in [0.15, 0.2) is 24.3 Å². The van der Waals surface area contributed by atoms with Gasteiger partial charge in [0.1, 0.15) is 0 Å². The van der Waals surface area contributed by atoms with Crippen molar-refractivity contribution in [2.24, 2.45) is 0 Å². The van der Waals surface area contributed by atoms with Crippen LogP contribution >= 0.6 is 0 Å². The summed E-state index contributed by atoms with van der Waals surface area (Å²) in [5.74, 6) is -0.351. The lowest BCUT2D eigenvalue weighted by atomic mass is 10.2. The zero-order valence-corrected chi connectivity index (χ0v) is 7.95. The molecule has 0 atom stereocenters. The molecule has 1 N–H and O–H groups in total. The van der Waals surface area contributed by atoms with E-state index in [1.54, 1.807) is 13.0 Å². The number of allylic oxidation sites excluding steroid dienone is 1. The Hall–Kier alpha value is -1.09. The molecule has 0 saturated heterocycles. The van der Waals surface area contributed by atoms with E-state index in [-0.39, 0.29) is 12.6 Å². The van der Waals surface area contributed by atoms with E-state index in [0.717, 1.165) is 0 Å². The van der Waals surface area contributed by atoms with Crippen molar-refractivity contribution >= 4 is 5.97 Å². The van der Waals surface area contributed by atoms with Crippen molar-refractivity contribution in [2.45, 2.75) is 19.8 Å². The van der Waals surface area contributed by atoms with Crippen LogP contribution in [0, 0.1) is 0 Å². The van der Waals surface area contributed by atoms with Crippen LogP contribution < -0.4 is 0 Å². The van der Waals surface area contributed by atoms with E-state index < -0.39 is 0 Å². The Balaban J connectivity index is 3.67. The van der Waals surface area contributed by atoms with Crippen molar-refractivity contribution in [3.05, 3.63) is 24.3 Å². The molecule has 0 aromatic carbocycles. The molecule has 13 heavy (non-hydrogen) atoms. The Morgan fingerprint density at radius 3 is 2.77 bits per heavy atom. The molecule has 3 nitrogen and oxygen atoms in total. The van der Waals surface area contributed by atoms with Crippen molar-refractivity contribution < 1.29 is 14.6 Å². The lowest BCUT2D eigenvalue weighted by Gasteiger charge is -2.01. The number of esters is 1. The molecule has 0 spiro atoms. The molecular weight excluding hydrogens is 168 g/mol. The van der Waals surface area contributed by atoms with Crippen molar-refractivity contribution in [1.29, 1.82) is 0 Å². The molecule has 74 valence electrons. The number of rotatable bonds is 6. The van der Waals surface area contributed by atoms with Crippen LogP contribution in [0.2, 0.25) is 0 Å². The minimum atomic E-state index is -0.351. The van der Waals surface area contributed by atoms with Gasteiger partial charge >= 0.3 is 5.97 Å². The zero-order chi connectivity index (χ0) is 10.1. The van der Waals surface area contributed by atoms with Gasteiger partial charge in [0.2, 0.25) is 0 Å². The molecule has 0 fully saturated rings. The van der Waals surface area contributed by atoms with Crippen LogP contribution in [-0.4, -0.2) is 24.3 Å². The normalized spacial score (nSPS) is 10.3. The number of hydrogen-bond donors (Lipinski definition) is 1. The minimum absolute atomic E-state index is 0.127. The largest absolute Gasteiger partial charge is 0.463 e. The fraction of sp³-hybridized carbons (Fsp3) is 0.500. The Morgan fingerprint density at radius 1 is 1.54 bits per heavy atom. The fourth-order valence-electron chi connectivity index (χ4n) is 0.734. The van der Waals surface area contributed by atoms with Crippen LogP contribution in [0.25, 0.3) is 0 Å². The van der Waals surface area contributed by atoms with Gasteiger partial charge in [-0.15, -0.1) is 0 Å². The standard InChI is InChI=1S/C10H16O3/c1-3-13-10(12)9(2)7-5-4-6-8-11/h4-5,11H,2-3,6-8H2,1H3/b5-4+. The third-order valence-electron chi connectivity index (χ3n) is 1.39. The smallest absolute Gasteiger partial charge is 0.333 e. The van der Waals surface area contributed by atoms with Gasteiger partial charge in [-0.25, -0.2) is 4.79 Å². The predicted molar refractivity (Wildman–Crippen MR) is 51.2 cm³/mol. The molecular formula is C10H16O3. The first-order valence-electron chi connectivity index (χ1n) is 4.33. The first-order valence-corrected chi connectivity index (χ1v) is 4.33. The zero-order valence-electron chi connectivity index (χ0n) is 7.95. The van der Waals surface area contributed by atoms with E-state index >= 15 is 0 Å². The molecule has 0 saturated carbocycles. The maximum absolute atomic E-state index is 11.0. The monoisotopic (exact) mass is 184 g/mol. The summed E-state index contributed by atoms with van der Waals surface area (Å²) in [7, 11) is 0. The summed E-state index contributed by atoms with van der Waals surface area (Å²) in [6, 6.07) is 0. The van der Waals surface area contributed by atoms with Crippen LogP contribution in [0.1, 0.15) is 19.8 Å². The van der Waals surface area contributed by atoms with Gasteiger partial charge in [0.05, 0.1) is 6.61 Å². The summed E-state index contributed by atoms with van der Waals surface area (Å²) in [6.07, 6.45) is 4.70. The molecule has 0 bridgehead atoms. The van der Waals surface area contributed by atoms with Gasteiger partial charge in [0.15, 0.2) is 0 Å². The average molecular weight is 184 g/mol. The highest BCUT2D eigenvalue weighted by Crippen LogP contribution is 2.02. The predicted octanol–water partition coefficient (Wildman–Crippen LogP) is 1.43. The Labute approximate surface area is 78.7 Å². The SMILES string of the molecule is C=C(C/C=C/CCO)C(=O)OCC. The molecule has 3 heteroatoms. The Morgan fingerprint density at radius 2 is 2.23 bits per heavy atom. The molecule has 0 aliphatic carbocycles. The third-order valence-corrected chi connectivity index (χ3v) is 1.39. The van der Waals surface area contributed by atoms with E-state index in [9.17, 15) is 4.79 Å². The summed E-state index contributed by atoms with van der Waals surface area (Å²) in [5.41, 5.74) is 0.441. The quantitative estimate of drug-likeness (QED) is 0.386. The molecule has 0 radical (unpaired) electrons.